The van der Waals surface area contributed by atoms with E-state index in [1.54, 1.807) is 14.2 Å². The molecule has 1 heterocycles. The number of aryl methyl sites for hydroxylation is 1. The van der Waals surface area contributed by atoms with E-state index in [9.17, 15) is 0 Å². The molecule has 1 aromatic heterocycles. The van der Waals surface area contributed by atoms with E-state index < -0.39 is 0 Å². The average Bonchev–Trinajstić information content (AvgIpc) is 3.44. The quantitative estimate of drug-likeness (QED) is 0.0911. The van der Waals surface area contributed by atoms with Gasteiger partial charge in [0.05, 0.1) is 79.3 Å². The van der Waals surface area contributed by atoms with Crippen LogP contribution in [-0.4, -0.2) is 108 Å². The summed E-state index contributed by atoms with van der Waals surface area (Å²) in [5.74, 6) is 1.50. The van der Waals surface area contributed by atoms with Gasteiger partial charge in [-0.05, 0) is 20.3 Å². The van der Waals surface area contributed by atoms with Gasteiger partial charge < -0.3 is 37.9 Å². The number of methoxy groups -OCH3 is 2. The second-order valence-electron chi connectivity index (χ2n) is 10.7. The Morgan fingerprint density at radius 2 is 0.953 bits per heavy atom. The standard InChI is InChI=1S/C32H63N3O8/c1-6-7-8-9-10-11-12-13-14-15-16-35-32(30(3)43-28-26-41-24-22-39-20-18-37-5)33-31(34-35)29(2)42-27-25-40-23-21-38-19-17-36-4/h29-30H,6-28H2,1-5H3/t29-,30-/m0/s1. The van der Waals surface area contributed by atoms with Gasteiger partial charge in [-0.1, -0.05) is 64.7 Å². The van der Waals surface area contributed by atoms with Crippen molar-refractivity contribution in [3.8, 4) is 0 Å². The SMILES string of the molecule is CCCCCCCCCCCCn1nc([C@H](C)OCCOCCOCCOC)nc1[C@H](C)OCCOCCOCCOC. The molecule has 1 rings (SSSR count). The fourth-order valence-corrected chi connectivity index (χ4v) is 4.40. The maximum Gasteiger partial charge on any atom is 0.179 e. The number of nitrogens with zero attached hydrogens (tertiary/aromatic N) is 3. The number of unbranched alkanes of at least 4 members (excludes halogenated alkanes) is 9. The summed E-state index contributed by atoms with van der Waals surface area (Å²) in [6.07, 6.45) is 12.5. The lowest BCUT2D eigenvalue weighted by Gasteiger charge is -2.14. The van der Waals surface area contributed by atoms with Crippen LogP contribution in [0.1, 0.15) is 109 Å². The summed E-state index contributed by atoms with van der Waals surface area (Å²) in [7, 11) is 3.32. The third kappa shape index (κ3) is 22.0. The van der Waals surface area contributed by atoms with Gasteiger partial charge in [-0.25, -0.2) is 9.67 Å². The Morgan fingerprint density at radius 3 is 1.44 bits per heavy atom. The molecule has 0 saturated carbocycles. The lowest BCUT2D eigenvalue weighted by atomic mass is 10.1. The van der Waals surface area contributed by atoms with Crippen molar-refractivity contribution in [3.05, 3.63) is 11.6 Å². The molecule has 0 radical (unpaired) electrons. The van der Waals surface area contributed by atoms with Crippen LogP contribution in [0, 0.1) is 0 Å². The molecular weight excluding hydrogens is 554 g/mol. The summed E-state index contributed by atoms with van der Waals surface area (Å²) in [4.78, 5) is 4.84. The van der Waals surface area contributed by atoms with Crippen LogP contribution in [0.2, 0.25) is 0 Å². The first kappa shape index (κ1) is 39.8. The molecular formula is C32H63N3O8. The van der Waals surface area contributed by atoms with Gasteiger partial charge in [-0.15, -0.1) is 0 Å². The summed E-state index contributed by atoms with van der Waals surface area (Å²) >= 11 is 0. The molecule has 0 aliphatic carbocycles. The number of aromatic nitrogens is 3. The van der Waals surface area contributed by atoms with Crippen molar-refractivity contribution in [2.45, 2.75) is 104 Å². The van der Waals surface area contributed by atoms with Crippen molar-refractivity contribution < 1.29 is 37.9 Å². The van der Waals surface area contributed by atoms with E-state index in [-0.39, 0.29) is 12.2 Å². The summed E-state index contributed by atoms with van der Waals surface area (Å²) < 4.78 is 46.1. The fraction of sp³-hybridized carbons (Fsp3) is 0.938. The van der Waals surface area contributed by atoms with Crippen molar-refractivity contribution in [3.63, 3.8) is 0 Å². The summed E-state index contributed by atoms with van der Waals surface area (Å²) in [5.41, 5.74) is 0. The first-order valence-corrected chi connectivity index (χ1v) is 16.6. The monoisotopic (exact) mass is 617 g/mol. The van der Waals surface area contributed by atoms with Crippen LogP contribution in [0.3, 0.4) is 0 Å². The fourth-order valence-electron chi connectivity index (χ4n) is 4.40. The molecule has 0 bridgehead atoms. The van der Waals surface area contributed by atoms with E-state index in [1.165, 1.54) is 57.8 Å². The molecule has 0 saturated heterocycles. The third-order valence-corrected chi connectivity index (χ3v) is 6.97. The molecule has 43 heavy (non-hydrogen) atoms. The minimum absolute atomic E-state index is 0.209. The minimum atomic E-state index is -0.247. The van der Waals surface area contributed by atoms with Crippen LogP contribution in [0.15, 0.2) is 0 Å². The van der Waals surface area contributed by atoms with Crippen LogP contribution in [-0.2, 0) is 44.4 Å². The van der Waals surface area contributed by atoms with Crippen molar-refractivity contribution in [1.82, 2.24) is 14.8 Å². The Hall–Kier alpha value is -1.18. The summed E-state index contributed by atoms with van der Waals surface area (Å²) in [6.45, 7) is 13.4. The highest BCUT2D eigenvalue weighted by Crippen LogP contribution is 2.20. The van der Waals surface area contributed by atoms with Gasteiger partial charge in [0.15, 0.2) is 11.6 Å². The van der Waals surface area contributed by atoms with Crippen LogP contribution in [0.5, 0.6) is 0 Å². The Kier molecular flexibility index (Phi) is 27.4. The molecule has 0 aliphatic rings. The predicted octanol–water partition coefficient (Wildman–Crippen LogP) is 5.71. The first-order chi connectivity index (χ1) is 21.1. The van der Waals surface area contributed by atoms with E-state index in [0.717, 1.165) is 18.8 Å². The highest BCUT2D eigenvalue weighted by molar-refractivity contribution is 4.99. The van der Waals surface area contributed by atoms with Gasteiger partial charge in [-0.3, -0.25) is 0 Å². The Bertz CT molecular complexity index is 725. The average molecular weight is 618 g/mol. The van der Waals surface area contributed by atoms with Gasteiger partial charge >= 0.3 is 0 Å². The molecule has 0 fully saturated rings. The topological polar surface area (TPSA) is 105 Å². The van der Waals surface area contributed by atoms with E-state index >= 15 is 0 Å². The zero-order valence-corrected chi connectivity index (χ0v) is 28.0. The molecule has 0 unspecified atom stereocenters. The lowest BCUT2D eigenvalue weighted by molar-refractivity contribution is -0.0161. The van der Waals surface area contributed by atoms with Crippen LogP contribution < -0.4 is 0 Å². The molecule has 0 spiro atoms. The van der Waals surface area contributed by atoms with Crippen LogP contribution >= 0.6 is 0 Å². The van der Waals surface area contributed by atoms with E-state index in [0.29, 0.717) is 85.1 Å². The number of hydrogen-bond donors (Lipinski definition) is 0. The van der Waals surface area contributed by atoms with Gasteiger partial charge in [0, 0.05) is 20.8 Å². The van der Waals surface area contributed by atoms with E-state index in [1.807, 2.05) is 18.5 Å². The molecule has 1 aromatic rings. The maximum absolute atomic E-state index is 6.08. The molecule has 0 aromatic carbocycles. The van der Waals surface area contributed by atoms with Crippen molar-refractivity contribution in [2.75, 3.05) is 93.5 Å². The zero-order chi connectivity index (χ0) is 31.2. The normalized spacial score (nSPS) is 13.1. The van der Waals surface area contributed by atoms with E-state index in [4.69, 9.17) is 48.0 Å². The minimum Gasteiger partial charge on any atom is -0.382 e. The van der Waals surface area contributed by atoms with E-state index in [2.05, 4.69) is 6.92 Å². The lowest BCUT2D eigenvalue weighted by Crippen LogP contribution is -2.15. The van der Waals surface area contributed by atoms with Crippen molar-refractivity contribution in [1.29, 1.82) is 0 Å². The predicted molar refractivity (Wildman–Crippen MR) is 168 cm³/mol. The second kappa shape index (κ2) is 29.5. The van der Waals surface area contributed by atoms with Crippen LogP contribution in [0.25, 0.3) is 0 Å². The Labute approximate surface area is 261 Å². The molecule has 11 nitrogen and oxygen atoms in total. The summed E-state index contributed by atoms with van der Waals surface area (Å²) in [6, 6.07) is 0. The first-order valence-electron chi connectivity index (χ1n) is 16.6. The molecule has 11 heteroatoms. The van der Waals surface area contributed by atoms with Crippen LogP contribution in [0.4, 0.5) is 0 Å². The molecule has 0 aliphatic heterocycles. The maximum atomic E-state index is 6.08. The third-order valence-electron chi connectivity index (χ3n) is 6.97. The van der Waals surface area contributed by atoms with Crippen molar-refractivity contribution in [2.24, 2.45) is 0 Å². The van der Waals surface area contributed by atoms with Gasteiger partial charge in [0.1, 0.15) is 12.2 Å². The molecule has 254 valence electrons. The molecule has 0 amide bonds. The smallest absolute Gasteiger partial charge is 0.179 e. The highest BCUT2D eigenvalue weighted by Gasteiger charge is 2.20. The van der Waals surface area contributed by atoms with Crippen molar-refractivity contribution >= 4 is 0 Å². The zero-order valence-electron chi connectivity index (χ0n) is 28.0. The number of rotatable bonds is 33. The van der Waals surface area contributed by atoms with Gasteiger partial charge in [0.2, 0.25) is 0 Å². The highest BCUT2D eigenvalue weighted by atomic mass is 16.6. The largest absolute Gasteiger partial charge is 0.382 e. The van der Waals surface area contributed by atoms with Gasteiger partial charge in [-0.2, -0.15) is 5.10 Å². The Morgan fingerprint density at radius 1 is 0.535 bits per heavy atom. The molecule has 0 N–H and O–H groups in total. The number of ether oxygens (including phenoxy) is 8. The Balaban J connectivity index is 2.47. The number of hydrogen-bond acceptors (Lipinski definition) is 10. The molecule has 2 atom stereocenters. The summed E-state index contributed by atoms with van der Waals surface area (Å²) in [5, 5.41) is 4.83. The van der Waals surface area contributed by atoms with Gasteiger partial charge in [0.25, 0.3) is 0 Å². The second-order valence-corrected chi connectivity index (χ2v) is 10.7.